The lowest BCUT2D eigenvalue weighted by Gasteiger charge is -2.18. The van der Waals surface area contributed by atoms with Crippen LogP contribution in [0.3, 0.4) is 0 Å². The molecule has 0 amide bonds. The zero-order valence-electron chi connectivity index (χ0n) is 8.47. The molecule has 0 bridgehead atoms. The molecule has 0 fully saturated rings. The monoisotopic (exact) mass is 216 g/mol. The highest BCUT2D eigenvalue weighted by Crippen LogP contribution is 2.13. The number of aliphatic hydroxyl groups excluding tert-OH is 2. The van der Waals surface area contributed by atoms with Gasteiger partial charge in [-0.15, -0.1) is 11.3 Å². The van der Waals surface area contributed by atoms with Crippen molar-refractivity contribution in [3.63, 3.8) is 0 Å². The van der Waals surface area contributed by atoms with Gasteiger partial charge < -0.3 is 10.2 Å². The first-order valence-electron chi connectivity index (χ1n) is 4.50. The van der Waals surface area contributed by atoms with E-state index in [1.54, 1.807) is 11.3 Å². The van der Waals surface area contributed by atoms with Crippen LogP contribution in [0.5, 0.6) is 0 Å². The van der Waals surface area contributed by atoms with Crippen molar-refractivity contribution in [3.8, 4) is 0 Å². The normalized spacial score (nSPS) is 13.5. The Hall–Kier alpha value is -0.490. The van der Waals surface area contributed by atoms with E-state index in [2.05, 4.69) is 4.98 Å². The van der Waals surface area contributed by atoms with Crippen LogP contribution in [0.4, 0.5) is 0 Å². The maximum Gasteiger partial charge on any atom is 0.0897 e. The zero-order valence-corrected chi connectivity index (χ0v) is 9.29. The van der Waals surface area contributed by atoms with Gasteiger partial charge in [0.25, 0.3) is 0 Å². The Morgan fingerprint density at radius 1 is 1.64 bits per heavy atom. The van der Waals surface area contributed by atoms with Crippen molar-refractivity contribution in [1.82, 2.24) is 9.88 Å². The molecule has 1 rings (SSSR count). The summed E-state index contributed by atoms with van der Waals surface area (Å²) in [6.07, 6.45) is -0.659. The summed E-state index contributed by atoms with van der Waals surface area (Å²) in [6.45, 7) is 3.04. The minimum atomic E-state index is -0.659. The Morgan fingerprint density at radius 2 is 2.36 bits per heavy atom. The van der Waals surface area contributed by atoms with E-state index in [0.717, 1.165) is 12.2 Å². The SMILES string of the molecule is Cc1ncsc1CN(C)CC(O)CO. The van der Waals surface area contributed by atoms with Crippen LogP contribution in [-0.4, -0.2) is 46.4 Å². The second kappa shape index (κ2) is 5.41. The molecule has 2 N–H and O–H groups in total. The summed E-state index contributed by atoms with van der Waals surface area (Å²) in [5.41, 5.74) is 2.86. The number of aliphatic hydroxyl groups is 2. The number of aryl methyl sites for hydroxylation is 1. The van der Waals surface area contributed by atoms with E-state index in [4.69, 9.17) is 5.11 Å². The number of thiazole rings is 1. The molecule has 0 spiro atoms. The second-order valence-corrected chi connectivity index (χ2v) is 4.33. The highest BCUT2D eigenvalue weighted by molar-refractivity contribution is 7.09. The van der Waals surface area contributed by atoms with E-state index in [0.29, 0.717) is 6.54 Å². The van der Waals surface area contributed by atoms with Gasteiger partial charge in [-0.05, 0) is 14.0 Å². The molecule has 0 aliphatic heterocycles. The highest BCUT2D eigenvalue weighted by Gasteiger charge is 2.09. The molecule has 0 radical (unpaired) electrons. The topological polar surface area (TPSA) is 56.6 Å². The average molecular weight is 216 g/mol. The molecular formula is C9H16N2O2S. The van der Waals surface area contributed by atoms with Gasteiger partial charge in [0, 0.05) is 18.0 Å². The zero-order chi connectivity index (χ0) is 10.6. The predicted molar refractivity (Wildman–Crippen MR) is 56.3 cm³/mol. The van der Waals surface area contributed by atoms with Crippen LogP contribution in [0, 0.1) is 6.92 Å². The molecule has 0 aliphatic rings. The molecular weight excluding hydrogens is 200 g/mol. The van der Waals surface area contributed by atoms with Crippen molar-refractivity contribution in [2.24, 2.45) is 0 Å². The van der Waals surface area contributed by atoms with Crippen molar-refractivity contribution in [3.05, 3.63) is 16.1 Å². The van der Waals surface area contributed by atoms with Crippen LogP contribution in [0.25, 0.3) is 0 Å². The first kappa shape index (κ1) is 11.6. The van der Waals surface area contributed by atoms with Crippen LogP contribution < -0.4 is 0 Å². The minimum Gasteiger partial charge on any atom is -0.394 e. The van der Waals surface area contributed by atoms with Crippen LogP contribution in [0.1, 0.15) is 10.6 Å². The summed E-state index contributed by atoms with van der Waals surface area (Å²) in [7, 11) is 1.91. The summed E-state index contributed by atoms with van der Waals surface area (Å²) >= 11 is 1.62. The van der Waals surface area contributed by atoms with Gasteiger partial charge in [-0.3, -0.25) is 4.90 Å². The molecule has 14 heavy (non-hydrogen) atoms. The highest BCUT2D eigenvalue weighted by atomic mass is 32.1. The Morgan fingerprint density at radius 3 is 2.86 bits per heavy atom. The maximum atomic E-state index is 9.22. The Balaban J connectivity index is 2.41. The molecule has 1 unspecified atom stereocenters. The number of rotatable bonds is 5. The van der Waals surface area contributed by atoms with Gasteiger partial charge in [-0.25, -0.2) is 4.98 Å². The summed E-state index contributed by atoms with van der Waals surface area (Å²) in [6, 6.07) is 0. The molecule has 5 heteroatoms. The molecule has 4 nitrogen and oxygen atoms in total. The van der Waals surface area contributed by atoms with E-state index >= 15 is 0 Å². The summed E-state index contributed by atoms with van der Waals surface area (Å²) in [5.74, 6) is 0. The van der Waals surface area contributed by atoms with Gasteiger partial charge in [0.1, 0.15) is 0 Å². The number of aromatic nitrogens is 1. The van der Waals surface area contributed by atoms with E-state index in [-0.39, 0.29) is 6.61 Å². The van der Waals surface area contributed by atoms with Crippen molar-refractivity contribution in [2.75, 3.05) is 20.2 Å². The molecule has 1 heterocycles. The van der Waals surface area contributed by atoms with Gasteiger partial charge in [-0.2, -0.15) is 0 Å². The fourth-order valence-corrected chi connectivity index (χ4v) is 2.06. The first-order valence-corrected chi connectivity index (χ1v) is 5.38. The van der Waals surface area contributed by atoms with Gasteiger partial charge in [0.05, 0.1) is 23.9 Å². The molecule has 0 aliphatic carbocycles. The lowest BCUT2D eigenvalue weighted by Crippen LogP contribution is -2.30. The molecule has 1 aromatic heterocycles. The van der Waals surface area contributed by atoms with Gasteiger partial charge >= 0.3 is 0 Å². The Kier molecular flexibility index (Phi) is 4.47. The van der Waals surface area contributed by atoms with E-state index in [1.807, 2.05) is 24.4 Å². The number of likely N-dealkylation sites (N-methyl/N-ethyl adjacent to an activating group) is 1. The van der Waals surface area contributed by atoms with E-state index < -0.39 is 6.10 Å². The van der Waals surface area contributed by atoms with Crippen LogP contribution in [0.2, 0.25) is 0 Å². The van der Waals surface area contributed by atoms with Crippen molar-refractivity contribution in [1.29, 1.82) is 0 Å². The fraction of sp³-hybridized carbons (Fsp3) is 0.667. The third-order valence-corrected chi connectivity index (χ3v) is 2.91. The molecule has 1 atom stereocenters. The molecule has 0 saturated carbocycles. The Labute approximate surface area is 87.8 Å². The number of hydrogen-bond acceptors (Lipinski definition) is 5. The molecule has 0 aromatic carbocycles. The first-order chi connectivity index (χ1) is 6.63. The second-order valence-electron chi connectivity index (χ2n) is 3.39. The van der Waals surface area contributed by atoms with Crippen molar-refractivity contribution < 1.29 is 10.2 Å². The van der Waals surface area contributed by atoms with E-state index in [1.165, 1.54) is 4.88 Å². The van der Waals surface area contributed by atoms with E-state index in [9.17, 15) is 5.11 Å². The van der Waals surface area contributed by atoms with Gasteiger partial charge in [0.15, 0.2) is 0 Å². The third kappa shape index (κ3) is 3.34. The predicted octanol–water partition coefficient (Wildman–Crippen LogP) is 0.237. The minimum absolute atomic E-state index is 0.188. The quantitative estimate of drug-likeness (QED) is 0.740. The standard InChI is InChI=1S/C9H16N2O2S/c1-7-9(14-6-10-7)4-11(2)3-8(13)5-12/h6,8,12-13H,3-5H2,1-2H3. The number of hydrogen-bond donors (Lipinski definition) is 2. The average Bonchev–Trinajstić information content (AvgIpc) is 2.51. The summed E-state index contributed by atoms with van der Waals surface area (Å²) < 4.78 is 0. The maximum absolute atomic E-state index is 9.22. The lowest BCUT2D eigenvalue weighted by atomic mass is 10.3. The van der Waals surface area contributed by atoms with Crippen LogP contribution in [0.15, 0.2) is 5.51 Å². The van der Waals surface area contributed by atoms with Gasteiger partial charge in [0.2, 0.25) is 0 Å². The summed E-state index contributed by atoms with van der Waals surface area (Å²) in [4.78, 5) is 7.33. The fourth-order valence-electron chi connectivity index (χ4n) is 1.21. The largest absolute Gasteiger partial charge is 0.394 e. The van der Waals surface area contributed by atoms with Crippen molar-refractivity contribution in [2.45, 2.75) is 19.6 Å². The molecule has 1 aromatic rings. The van der Waals surface area contributed by atoms with Gasteiger partial charge in [-0.1, -0.05) is 0 Å². The smallest absolute Gasteiger partial charge is 0.0897 e. The molecule has 80 valence electrons. The van der Waals surface area contributed by atoms with Crippen LogP contribution >= 0.6 is 11.3 Å². The third-order valence-electron chi connectivity index (χ3n) is 1.99. The van der Waals surface area contributed by atoms with Crippen LogP contribution in [-0.2, 0) is 6.54 Å². The lowest BCUT2D eigenvalue weighted by molar-refractivity contribution is 0.0650. The molecule has 0 saturated heterocycles. The number of nitrogens with zero attached hydrogens (tertiary/aromatic N) is 2. The van der Waals surface area contributed by atoms with Crippen molar-refractivity contribution >= 4 is 11.3 Å². The Bertz CT molecular complexity index is 278. The summed E-state index contributed by atoms with van der Waals surface area (Å²) in [5, 5.41) is 17.9.